The van der Waals surface area contributed by atoms with Crippen molar-refractivity contribution in [3.8, 4) is 5.75 Å². The summed E-state index contributed by atoms with van der Waals surface area (Å²) in [5.41, 5.74) is 0.350. The van der Waals surface area contributed by atoms with Crippen LogP contribution >= 0.6 is 23.2 Å². The number of hydrogen-bond acceptors (Lipinski definition) is 2. The van der Waals surface area contributed by atoms with Crippen LogP contribution in [0.5, 0.6) is 5.75 Å². The van der Waals surface area contributed by atoms with Crippen LogP contribution in [0.2, 0.25) is 10.0 Å². The minimum atomic E-state index is 0.211. The molecule has 1 aromatic carbocycles. The van der Waals surface area contributed by atoms with Gasteiger partial charge < -0.3 is 4.74 Å². The number of aldehydes is 1. The summed E-state index contributed by atoms with van der Waals surface area (Å²) >= 11 is 11.7. The van der Waals surface area contributed by atoms with Crippen LogP contribution in [-0.2, 0) is 0 Å². The van der Waals surface area contributed by atoms with E-state index in [1.807, 2.05) is 0 Å². The van der Waals surface area contributed by atoms with Gasteiger partial charge in [0.15, 0.2) is 6.29 Å². The first-order valence-electron chi connectivity index (χ1n) is 3.87. The number of carbonyl (C=O) groups is 1. The largest absolute Gasteiger partial charge is 0.488 e. The summed E-state index contributed by atoms with van der Waals surface area (Å²) in [6.45, 7) is 3.85. The first-order chi connectivity index (χ1) is 6.70. The van der Waals surface area contributed by atoms with Gasteiger partial charge in [-0.25, -0.2) is 0 Å². The molecule has 1 rings (SSSR count). The standard InChI is InChI=1S/C10H8Cl2O2/c1-2-5-14-8-4-3-7(6-13)9(11)10(8)12/h2-4,6H,1,5H2. The normalized spacial score (nSPS) is 9.57. The maximum Gasteiger partial charge on any atom is 0.151 e. The van der Waals surface area contributed by atoms with Crippen LogP contribution in [-0.4, -0.2) is 12.9 Å². The Morgan fingerprint density at radius 3 is 2.64 bits per heavy atom. The third-order valence-electron chi connectivity index (χ3n) is 1.56. The Labute approximate surface area is 92.1 Å². The summed E-state index contributed by atoms with van der Waals surface area (Å²) in [6.07, 6.45) is 2.24. The third kappa shape index (κ3) is 2.28. The van der Waals surface area contributed by atoms with Gasteiger partial charge in [0, 0.05) is 5.56 Å². The molecule has 4 heteroatoms. The second kappa shape index (κ2) is 5.03. The van der Waals surface area contributed by atoms with Crippen molar-refractivity contribution in [2.75, 3.05) is 6.61 Å². The second-order valence-corrected chi connectivity index (χ2v) is 3.25. The Bertz CT molecular complexity index is 361. The molecule has 0 atom stereocenters. The fourth-order valence-corrected chi connectivity index (χ4v) is 1.33. The molecule has 0 unspecified atom stereocenters. The summed E-state index contributed by atoms with van der Waals surface area (Å²) in [5.74, 6) is 0.446. The van der Waals surface area contributed by atoms with Gasteiger partial charge in [0.25, 0.3) is 0 Å². The molecule has 0 saturated carbocycles. The zero-order valence-electron chi connectivity index (χ0n) is 7.30. The van der Waals surface area contributed by atoms with Gasteiger partial charge in [0.05, 0.1) is 5.02 Å². The predicted molar refractivity (Wildman–Crippen MR) is 57.5 cm³/mol. The third-order valence-corrected chi connectivity index (χ3v) is 2.44. The molecule has 0 aromatic heterocycles. The molecule has 0 saturated heterocycles. The van der Waals surface area contributed by atoms with Crippen LogP contribution in [0.3, 0.4) is 0 Å². The fraction of sp³-hybridized carbons (Fsp3) is 0.100. The Kier molecular flexibility index (Phi) is 3.98. The minimum Gasteiger partial charge on any atom is -0.488 e. The second-order valence-electron chi connectivity index (χ2n) is 2.50. The average Bonchev–Trinajstić information content (AvgIpc) is 2.20. The molecule has 0 aliphatic heterocycles. The maximum atomic E-state index is 10.5. The van der Waals surface area contributed by atoms with Crippen molar-refractivity contribution in [3.63, 3.8) is 0 Å². The first-order valence-corrected chi connectivity index (χ1v) is 4.63. The van der Waals surface area contributed by atoms with E-state index in [1.54, 1.807) is 18.2 Å². The summed E-state index contributed by atoms with van der Waals surface area (Å²) in [4.78, 5) is 10.5. The summed E-state index contributed by atoms with van der Waals surface area (Å²) in [5, 5.41) is 0.460. The number of rotatable bonds is 4. The van der Waals surface area contributed by atoms with Crippen LogP contribution < -0.4 is 4.74 Å². The van der Waals surface area contributed by atoms with Crippen LogP contribution in [0.15, 0.2) is 24.8 Å². The monoisotopic (exact) mass is 230 g/mol. The molecule has 0 aliphatic rings. The van der Waals surface area contributed by atoms with E-state index in [0.717, 1.165) is 0 Å². The highest BCUT2D eigenvalue weighted by Gasteiger charge is 2.09. The van der Waals surface area contributed by atoms with E-state index in [-0.39, 0.29) is 10.0 Å². The summed E-state index contributed by atoms with van der Waals surface area (Å²) in [6, 6.07) is 3.15. The van der Waals surface area contributed by atoms with Crippen molar-refractivity contribution in [1.29, 1.82) is 0 Å². The lowest BCUT2D eigenvalue weighted by atomic mass is 10.2. The van der Waals surface area contributed by atoms with E-state index in [2.05, 4.69) is 6.58 Å². The zero-order chi connectivity index (χ0) is 10.6. The molecule has 0 spiro atoms. The van der Waals surface area contributed by atoms with Gasteiger partial charge in [-0.05, 0) is 12.1 Å². The number of hydrogen-bond donors (Lipinski definition) is 0. The molecule has 0 bridgehead atoms. The fourth-order valence-electron chi connectivity index (χ4n) is 0.898. The SMILES string of the molecule is C=CCOc1ccc(C=O)c(Cl)c1Cl. The highest BCUT2D eigenvalue weighted by molar-refractivity contribution is 6.44. The molecular weight excluding hydrogens is 223 g/mol. The van der Waals surface area contributed by atoms with Gasteiger partial charge in [0.1, 0.15) is 17.4 Å². The van der Waals surface area contributed by atoms with Gasteiger partial charge in [-0.15, -0.1) is 0 Å². The van der Waals surface area contributed by atoms with Crippen molar-refractivity contribution in [2.24, 2.45) is 0 Å². The number of ether oxygens (including phenoxy) is 1. The number of carbonyl (C=O) groups excluding carboxylic acids is 1. The maximum absolute atomic E-state index is 10.5. The summed E-state index contributed by atoms with van der Waals surface area (Å²) in [7, 11) is 0. The van der Waals surface area contributed by atoms with Gasteiger partial charge in [0.2, 0.25) is 0 Å². The van der Waals surface area contributed by atoms with E-state index >= 15 is 0 Å². The summed E-state index contributed by atoms with van der Waals surface area (Å²) < 4.78 is 5.22. The lowest BCUT2D eigenvalue weighted by molar-refractivity contribution is 0.112. The van der Waals surface area contributed by atoms with E-state index < -0.39 is 0 Å². The van der Waals surface area contributed by atoms with Gasteiger partial charge in [-0.1, -0.05) is 35.9 Å². The molecule has 0 fully saturated rings. The lowest BCUT2D eigenvalue weighted by Gasteiger charge is -2.07. The Balaban J connectivity index is 3.03. The lowest BCUT2D eigenvalue weighted by Crippen LogP contribution is -1.95. The van der Waals surface area contributed by atoms with Gasteiger partial charge in [-0.2, -0.15) is 0 Å². The van der Waals surface area contributed by atoms with Crippen LogP contribution in [0, 0.1) is 0 Å². The molecule has 0 heterocycles. The van der Waals surface area contributed by atoms with Gasteiger partial charge in [-0.3, -0.25) is 4.79 Å². The molecule has 0 N–H and O–H groups in total. The van der Waals surface area contributed by atoms with E-state index in [0.29, 0.717) is 24.2 Å². The van der Waals surface area contributed by atoms with Crippen LogP contribution in [0.25, 0.3) is 0 Å². The van der Waals surface area contributed by atoms with Crippen LogP contribution in [0.1, 0.15) is 10.4 Å². The minimum absolute atomic E-state index is 0.211. The van der Waals surface area contributed by atoms with Gasteiger partial charge >= 0.3 is 0 Å². The van der Waals surface area contributed by atoms with E-state index in [4.69, 9.17) is 27.9 Å². The molecule has 0 radical (unpaired) electrons. The van der Waals surface area contributed by atoms with Crippen molar-refractivity contribution in [2.45, 2.75) is 0 Å². The van der Waals surface area contributed by atoms with Crippen LogP contribution in [0.4, 0.5) is 0 Å². The molecule has 14 heavy (non-hydrogen) atoms. The Hall–Kier alpha value is -0.990. The number of halogens is 2. The van der Waals surface area contributed by atoms with E-state index in [9.17, 15) is 4.79 Å². The van der Waals surface area contributed by atoms with Crippen molar-refractivity contribution in [1.82, 2.24) is 0 Å². The quantitative estimate of drug-likeness (QED) is 0.586. The highest BCUT2D eigenvalue weighted by atomic mass is 35.5. The first kappa shape index (κ1) is 11.1. The Morgan fingerprint density at radius 2 is 2.07 bits per heavy atom. The Morgan fingerprint density at radius 1 is 1.36 bits per heavy atom. The molecule has 74 valence electrons. The number of benzene rings is 1. The average molecular weight is 231 g/mol. The molecule has 1 aromatic rings. The molecular formula is C10H8Cl2O2. The van der Waals surface area contributed by atoms with Crippen molar-refractivity contribution >= 4 is 29.5 Å². The van der Waals surface area contributed by atoms with Crippen molar-refractivity contribution < 1.29 is 9.53 Å². The molecule has 0 aliphatic carbocycles. The van der Waals surface area contributed by atoms with E-state index in [1.165, 1.54) is 0 Å². The molecule has 0 amide bonds. The smallest absolute Gasteiger partial charge is 0.151 e. The predicted octanol–water partition coefficient (Wildman–Crippen LogP) is 3.37. The molecule has 2 nitrogen and oxygen atoms in total. The highest BCUT2D eigenvalue weighted by Crippen LogP contribution is 2.33. The van der Waals surface area contributed by atoms with Crippen molar-refractivity contribution in [3.05, 3.63) is 40.4 Å². The topological polar surface area (TPSA) is 26.3 Å². The zero-order valence-corrected chi connectivity index (χ0v) is 8.81.